The SMILES string of the molecule is Nc1ccc(C#CCCN2CCC(O)(c3ccc(Cl)cc3)CC2)nc1. The standard InChI is InChI=1S/C20H22ClN3O/c21-17-6-4-16(5-7-17)20(25)10-13-24(14-11-20)12-2-1-3-19-9-8-18(22)15-23-19/h4-9,15,25H,2,10-14,22H2. The normalized spacial score (nSPS) is 16.9. The van der Waals surface area contributed by atoms with Gasteiger partial charge >= 0.3 is 0 Å². The smallest absolute Gasteiger partial charge is 0.113 e. The molecule has 25 heavy (non-hydrogen) atoms. The predicted molar refractivity (Wildman–Crippen MR) is 101 cm³/mol. The zero-order chi connectivity index (χ0) is 17.7. The highest BCUT2D eigenvalue weighted by molar-refractivity contribution is 6.30. The third-order valence-corrected chi connectivity index (χ3v) is 4.87. The van der Waals surface area contributed by atoms with E-state index in [2.05, 4.69) is 21.7 Å². The Hall–Kier alpha value is -2.06. The molecule has 0 unspecified atom stereocenters. The number of rotatable bonds is 3. The topological polar surface area (TPSA) is 62.4 Å². The summed E-state index contributed by atoms with van der Waals surface area (Å²) in [4.78, 5) is 6.51. The van der Waals surface area contributed by atoms with Crippen LogP contribution in [0.3, 0.4) is 0 Å². The molecule has 2 aromatic rings. The van der Waals surface area contributed by atoms with E-state index in [0.717, 1.165) is 50.2 Å². The highest BCUT2D eigenvalue weighted by Gasteiger charge is 2.33. The van der Waals surface area contributed by atoms with Gasteiger partial charge in [-0.3, -0.25) is 0 Å². The van der Waals surface area contributed by atoms with Crippen molar-refractivity contribution in [2.24, 2.45) is 0 Å². The summed E-state index contributed by atoms with van der Waals surface area (Å²) in [6.07, 6.45) is 3.85. The van der Waals surface area contributed by atoms with E-state index < -0.39 is 5.60 Å². The van der Waals surface area contributed by atoms with Crippen LogP contribution in [-0.2, 0) is 5.60 Å². The fraction of sp³-hybridized carbons (Fsp3) is 0.350. The van der Waals surface area contributed by atoms with Crippen LogP contribution < -0.4 is 5.73 Å². The van der Waals surface area contributed by atoms with Gasteiger partial charge < -0.3 is 15.7 Å². The van der Waals surface area contributed by atoms with Crippen LogP contribution in [0.5, 0.6) is 0 Å². The molecule has 0 bridgehead atoms. The van der Waals surface area contributed by atoms with Crippen LogP contribution in [0, 0.1) is 11.8 Å². The first-order valence-electron chi connectivity index (χ1n) is 8.46. The van der Waals surface area contributed by atoms with Gasteiger partial charge in [0, 0.05) is 31.1 Å². The molecule has 1 aliphatic rings. The second kappa shape index (κ2) is 7.88. The number of aliphatic hydroxyl groups is 1. The van der Waals surface area contributed by atoms with Gasteiger partial charge in [-0.25, -0.2) is 4.98 Å². The number of piperidine rings is 1. The summed E-state index contributed by atoms with van der Waals surface area (Å²) in [5.74, 6) is 6.21. The second-order valence-electron chi connectivity index (χ2n) is 6.41. The van der Waals surface area contributed by atoms with Crippen LogP contribution in [-0.4, -0.2) is 34.6 Å². The monoisotopic (exact) mass is 355 g/mol. The molecule has 0 radical (unpaired) electrons. The summed E-state index contributed by atoms with van der Waals surface area (Å²) < 4.78 is 0. The molecule has 1 aliphatic heterocycles. The van der Waals surface area contributed by atoms with Gasteiger partial charge in [0.1, 0.15) is 5.69 Å². The summed E-state index contributed by atoms with van der Waals surface area (Å²) in [5.41, 5.74) is 7.19. The molecule has 1 fully saturated rings. The van der Waals surface area contributed by atoms with E-state index >= 15 is 0 Å². The van der Waals surface area contributed by atoms with E-state index in [0.29, 0.717) is 10.7 Å². The van der Waals surface area contributed by atoms with Gasteiger partial charge in [0.05, 0.1) is 17.5 Å². The number of nitrogens with two attached hydrogens (primary N) is 1. The van der Waals surface area contributed by atoms with E-state index in [1.165, 1.54) is 0 Å². The molecular formula is C20H22ClN3O. The number of likely N-dealkylation sites (tertiary alicyclic amines) is 1. The second-order valence-corrected chi connectivity index (χ2v) is 6.85. The average Bonchev–Trinajstić information content (AvgIpc) is 2.62. The Labute approximate surface area is 153 Å². The molecule has 4 nitrogen and oxygen atoms in total. The number of hydrogen-bond donors (Lipinski definition) is 2. The van der Waals surface area contributed by atoms with Gasteiger partial charge in [0.25, 0.3) is 0 Å². The lowest BCUT2D eigenvalue weighted by molar-refractivity contribution is -0.0253. The predicted octanol–water partition coefficient (Wildman–Crippen LogP) is 3.04. The fourth-order valence-electron chi connectivity index (χ4n) is 3.04. The maximum absolute atomic E-state index is 10.9. The van der Waals surface area contributed by atoms with E-state index in [1.54, 1.807) is 12.3 Å². The molecule has 0 spiro atoms. The van der Waals surface area contributed by atoms with Gasteiger partial charge in [-0.05, 0) is 48.6 Å². The van der Waals surface area contributed by atoms with Crippen LogP contribution in [0.25, 0.3) is 0 Å². The number of halogens is 1. The zero-order valence-corrected chi connectivity index (χ0v) is 14.8. The number of benzene rings is 1. The summed E-state index contributed by atoms with van der Waals surface area (Å²) in [6, 6.07) is 11.1. The van der Waals surface area contributed by atoms with Crippen LogP contribution >= 0.6 is 11.6 Å². The number of nitrogens with zero attached hydrogens (tertiary/aromatic N) is 2. The van der Waals surface area contributed by atoms with Crippen molar-refractivity contribution in [2.75, 3.05) is 25.4 Å². The third kappa shape index (κ3) is 4.73. The first-order chi connectivity index (χ1) is 12.0. The summed E-state index contributed by atoms with van der Waals surface area (Å²) in [5, 5.41) is 11.6. The van der Waals surface area contributed by atoms with E-state index in [1.807, 2.05) is 30.3 Å². The van der Waals surface area contributed by atoms with Crippen LogP contribution in [0.15, 0.2) is 42.6 Å². The van der Waals surface area contributed by atoms with Crippen LogP contribution in [0.1, 0.15) is 30.5 Å². The van der Waals surface area contributed by atoms with E-state index in [9.17, 15) is 5.11 Å². The molecule has 3 N–H and O–H groups in total. The Kier molecular flexibility index (Phi) is 5.60. The molecule has 0 atom stereocenters. The van der Waals surface area contributed by atoms with Crippen molar-refractivity contribution < 1.29 is 5.11 Å². The average molecular weight is 356 g/mol. The van der Waals surface area contributed by atoms with Crippen LogP contribution in [0.2, 0.25) is 5.02 Å². The van der Waals surface area contributed by atoms with E-state index in [-0.39, 0.29) is 0 Å². The van der Waals surface area contributed by atoms with Crippen molar-refractivity contribution >= 4 is 17.3 Å². The quantitative estimate of drug-likeness (QED) is 0.831. The zero-order valence-electron chi connectivity index (χ0n) is 14.1. The van der Waals surface area contributed by atoms with Gasteiger partial charge in [0.15, 0.2) is 0 Å². The Balaban J connectivity index is 1.48. The molecule has 1 aromatic carbocycles. The van der Waals surface area contributed by atoms with Crippen molar-refractivity contribution in [3.8, 4) is 11.8 Å². The Morgan fingerprint density at radius 3 is 2.52 bits per heavy atom. The van der Waals surface area contributed by atoms with Gasteiger partial charge in [-0.2, -0.15) is 0 Å². The van der Waals surface area contributed by atoms with Gasteiger partial charge in [-0.1, -0.05) is 29.7 Å². The minimum absolute atomic E-state index is 0.645. The lowest BCUT2D eigenvalue weighted by atomic mass is 9.84. The summed E-state index contributed by atoms with van der Waals surface area (Å²) in [6.45, 7) is 2.63. The van der Waals surface area contributed by atoms with Crippen molar-refractivity contribution in [2.45, 2.75) is 24.9 Å². The fourth-order valence-corrected chi connectivity index (χ4v) is 3.17. The van der Waals surface area contributed by atoms with Crippen molar-refractivity contribution in [1.29, 1.82) is 0 Å². The number of nitrogen functional groups attached to an aromatic ring is 1. The highest BCUT2D eigenvalue weighted by atomic mass is 35.5. The minimum Gasteiger partial charge on any atom is -0.397 e. The Morgan fingerprint density at radius 2 is 1.88 bits per heavy atom. The number of anilines is 1. The number of pyridine rings is 1. The van der Waals surface area contributed by atoms with Crippen molar-refractivity contribution in [3.05, 3.63) is 58.9 Å². The first-order valence-corrected chi connectivity index (χ1v) is 8.84. The molecule has 1 aromatic heterocycles. The lowest BCUT2D eigenvalue weighted by Crippen LogP contribution is -2.42. The van der Waals surface area contributed by atoms with Gasteiger partial charge in [0.2, 0.25) is 0 Å². The molecule has 130 valence electrons. The molecule has 0 amide bonds. The Morgan fingerprint density at radius 1 is 1.16 bits per heavy atom. The first kappa shape index (κ1) is 17.8. The third-order valence-electron chi connectivity index (χ3n) is 4.62. The maximum atomic E-state index is 10.9. The molecule has 0 saturated carbocycles. The largest absolute Gasteiger partial charge is 0.397 e. The highest BCUT2D eigenvalue weighted by Crippen LogP contribution is 2.33. The maximum Gasteiger partial charge on any atom is 0.113 e. The molecule has 1 saturated heterocycles. The number of hydrogen-bond acceptors (Lipinski definition) is 4. The molecule has 3 rings (SSSR count). The van der Waals surface area contributed by atoms with Crippen molar-refractivity contribution in [1.82, 2.24) is 9.88 Å². The number of aromatic nitrogens is 1. The Bertz CT molecular complexity index is 754. The van der Waals surface area contributed by atoms with E-state index in [4.69, 9.17) is 17.3 Å². The van der Waals surface area contributed by atoms with Gasteiger partial charge in [-0.15, -0.1) is 0 Å². The van der Waals surface area contributed by atoms with Crippen molar-refractivity contribution in [3.63, 3.8) is 0 Å². The molecule has 5 heteroatoms. The summed E-state index contributed by atoms with van der Waals surface area (Å²) >= 11 is 5.93. The summed E-state index contributed by atoms with van der Waals surface area (Å²) in [7, 11) is 0. The lowest BCUT2D eigenvalue weighted by Gasteiger charge is -2.38. The minimum atomic E-state index is -0.749. The molecule has 2 heterocycles. The van der Waals surface area contributed by atoms with Crippen LogP contribution in [0.4, 0.5) is 5.69 Å². The molecular weight excluding hydrogens is 334 g/mol. The molecule has 0 aliphatic carbocycles.